The fourth-order valence-corrected chi connectivity index (χ4v) is 1.31. The van der Waals surface area contributed by atoms with Crippen LogP contribution in [0.1, 0.15) is 0 Å². The topological polar surface area (TPSA) is 15.3 Å². The zero-order valence-electron chi connectivity index (χ0n) is 5.29. The maximum Gasteiger partial charge on any atom is 0.123 e. The molecule has 0 fully saturated rings. The summed E-state index contributed by atoms with van der Waals surface area (Å²) >= 11 is 5.86. The van der Waals surface area contributed by atoms with E-state index in [1.165, 1.54) is 0 Å². The van der Waals surface area contributed by atoms with Crippen LogP contribution in [0.25, 0.3) is 0 Å². The maximum atomic E-state index is 5.86. The van der Waals surface area contributed by atoms with Gasteiger partial charge in [-0.25, -0.2) is 0 Å². The molecule has 3 heteroatoms. The number of hydrogen-bond donors (Lipinski definition) is 1. The molecule has 0 spiro atoms. The highest BCUT2D eigenvalue weighted by atomic mass is 35.5. The maximum absolute atomic E-state index is 5.86. The predicted octanol–water partition coefficient (Wildman–Crippen LogP) is 1.34. The monoisotopic (exact) mass is 154 g/mol. The molecule has 0 aromatic rings. The molecule has 10 heavy (non-hydrogen) atoms. The number of hydrogen-bond acceptors (Lipinski definition) is 2. The average Bonchev–Trinajstić information content (AvgIpc) is 2.36. The number of allylic oxidation sites excluding steroid dienone is 2. The Morgan fingerprint density at radius 3 is 3.30 bits per heavy atom. The molecule has 2 aliphatic rings. The Balaban J connectivity index is 2.30. The fraction of sp³-hybridized carbons (Fsp3) is 0.143. The van der Waals surface area contributed by atoms with E-state index >= 15 is 0 Å². The molecular formula is C7H7ClN2. The molecule has 0 aromatic heterocycles. The molecule has 0 bridgehead atoms. The second-order valence-corrected chi connectivity index (χ2v) is 2.60. The van der Waals surface area contributed by atoms with Gasteiger partial charge in [0.1, 0.15) is 11.3 Å². The van der Waals surface area contributed by atoms with E-state index < -0.39 is 0 Å². The number of nitrogens with zero attached hydrogens (tertiary/aromatic N) is 1. The molecular weight excluding hydrogens is 148 g/mol. The van der Waals surface area contributed by atoms with Crippen molar-refractivity contribution in [3.8, 4) is 0 Å². The van der Waals surface area contributed by atoms with Gasteiger partial charge in [0.25, 0.3) is 0 Å². The molecule has 0 aromatic carbocycles. The standard InChI is InChI=1S/C7H7ClN2/c8-6-2-1-3-7-9-4-5-10(6)7/h1-5,7,9H. The van der Waals surface area contributed by atoms with E-state index in [1.807, 2.05) is 35.5 Å². The molecule has 2 aliphatic heterocycles. The molecule has 0 amide bonds. The van der Waals surface area contributed by atoms with Gasteiger partial charge in [-0.15, -0.1) is 0 Å². The molecule has 0 saturated heterocycles. The fourth-order valence-electron chi connectivity index (χ4n) is 1.07. The Kier molecular flexibility index (Phi) is 1.21. The van der Waals surface area contributed by atoms with E-state index in [1.54, 1.807) is 0 Å². The minimum absolute atomic E-state index is 0.234. The Morgan fingerprint density at radius 1 is 1.60 bits per heavy atom. The van der Waals surface area contributed by atoms with E-state index in [2.05, 4.69) is 5.32 Å². The van der Waals surface area contributed by atoms with Crippen molar-refractivity contribution in [1.82, 2.24) is 10.2 Å². The van der Waals surface area contributed by atoms with Crippen LogP contribution in [0.3, 0.4) is 0 Å². The summed E-state index contributed by atoms with van der Waals surface area (Å²) in [6.45, 7) is 0. The molecule has 1 atom stereocenters. The van der Waals surface area contributed by atoms with Gasteiger partial charge < -0.3 is 10.2 Å². The quantitative estimate of drug-likeness (QED) is 0.530. The minimum Gasteiger partial charge on any atom is -0.366 e. The van der Waals surface area contributed by atoms with Gasteiger partial charge in [0, 0.05) is 12.4 Å². The van der Waals surface area contributed by atoms with Gasteiger partial charge in [0.05, 0.1) is 0 Å². The van der Waals surface area contributed by atoms with Gasteiger partial charge in [-0.05, 0) is 12.2 Å². The zero-order valence-corrected chi connectivity index (χ0v) is 6.05. The van der Waals surface area contributed by atoms with Gasteiger partial charge in [0.15, 0.2) is 0 Å². The number of nitrogens with one attached hydrogen (secondary N) is 1. The van der Waals surface area contributed by atoms with Crippen molar-refractivity contribution in [3.05, 3.63) is 35.8 Å². The second-order valence-electron chi connectivity index (χ2n) is 2.21. The summed E-state index contributed by atoms with van der Waals surface area (Å²) < 4.78 is 0. The van der Waals surface area contributed by atoms with Gasteiger partial charge in [-0.1, -0.05) is 17.7 Å². The van der Waals surface area contributed by atoms with E-state index in [9.17, 15) is 0 Å². The normalized spacial score (nSPS) is 27.9. The Hall–Kier alpha value is -0.890. The summed E-state index contributed by atoms with van der Waals surface area (Å²) in [5, 5.41) is 3.88. The minimum atomic E-state index is 0.234. The Bertz CT molecular complexity index is 230. The number of fused-ring (bicyclic) bond motifs is 1. The molecule has 2 heterocycles. The molecule has 1 unspecified atom stereocenters. The van der Waals surface area contributed by atoms with Crippen LogP contribution in [-0.4, -0.2) is 11.1 Å². The van der Waals surface area contributed by atoms with Crippen molar-refractivity contribution >= 4 is 11.6 Å². The zero-order chi connectivity index (χ0) is 6.97. The van der Waals surface area contributed by atoms with Crippen molar-refractivity contribution < 1.29 is 0 Å². The summed E-state index contributed by atoms with van der Waals surface area (Å²) in [4.78, 5) is 1.96. The van der Waals surface area contributed by atoms with Crippen LogP contribution >= 0.6 is 11.6 Å². The van der Waals surface area contributed by atoms with Crippen LogP contribution in [0.15, 0.2) is 35.8 Å². The molecule has 0 aliphatic carbocycles. The van der Waals surface area contributed by atoms with E-state index in [-0.39, 0.29) is 6.17 Å². The highest BCUT2D eigenvalue weighted by Crippen LogP contribution is 2.20. The lowest BCUT2D eigenvalue weighted by molar-refractivity contribution is 0.415. The molecule has 2 nitrogen and oxygen atoms in total. The first-order valence-corrected chi connectivity index (χ1v) is 3.51. The van der Waals surface area contributed by atoms with Gasteiger partial charge in [-0.2, -0.15) is 0 Å². The van der Waals surface area contributed by atoms with Gasteiger partial charge in [0.2, 0.25) is 0 Å². The lowest BCUT2D eigenvalue weighted by atomic mass is 10.3. The first kappa shape index (κ1) is 5.86. The van der Waals surface area contributed by atoms with E-state index in [4.69, 9.17) is 11.6 Å². The van der Waals surface area contributed by atoms with Crippen LogP contribution in [-0.2, 0) is 0 Å². The van der Waals surface area contributed by atoms with Crippen LogP contribution in [0, 0.1) is 0 Å². The van der Waals surface area contributed by atoms with Crippen molar-refractivity contribution in [1.29, 1.82) is 0 Å². The van der Waals surface area contributed by atoms with E-state index in [0.29, 0.717) is 0 Å². The first-order valence-electron chi connectivity index (χ1n) is 3.13. The average molecular weight is 155 g/mol. The highest BCUT2D eigenvalue weighted by Gasteiger charge is 2.19. The first-order chi connectivity index (χ1) is 4.88. The summed E-state index contributed by atoms with van der Waals surface area (Å²) in [7, 11) is 0. The van der Waals surface area contributed by atoms with Crippen molar-refractivity contribution in [3.63, 3.8) is 0 Å². The van der Waals surface area contributed by atoms with E-state index in [0.717, 1.165) is 5.16 Å². The Labute approximate surface area is 64.5 Å². The third-order valence-corrected chi connectivity index (χ3v) is 1.90. The van der Waals surface area contributed by atoms with Crippen molar-refractivity contribution in [2.75, 3.05) is 0 Å². The predicted molar refractivity (Wildman–Crippen MR) is 41.0 cm³/mol. The van der Waals surface area contributed by atoms with Crippen molar-refractivity contribution in [2.45, 2.75) is 6.17 Å². The lowest BCUT2D eigenvalue weighted by Gasteiger charge is -2.23. The molecule has 2 rings (SSSR count). The second kappa shape index (κ2) is 2.06. The van der Waals surface area contributed by atoms with Crippen molar-refractivity contribution in [2.24, 2.45) is 0 Å². The molecule has 0 saturated carbocycles. The van der Waals surface area contributed by atoms with Crippen LogP contribution in [0.4, 0.5) is 0 Å². The molecule has 1 N–H and O–H groups in total. The third kappa shape index (κ3) is 0.727. The number of rotatable bonds is 0. The smallest absolute Gasteiger partial charge is 0.123 e. The summed E-state index contributed by atoms with van der Waals surface area (Å²) in [6.07, 6.45) is 9.91. The van der Waals surface area contributed by atoms with Crippen LogP contribution in [0.5, 0.6) is 0 Å². The van der Waals surface area contributed by atoms with Crippen LogP contribution < -0.4 is 5.32 Å². The summed E-state index contributed by atoms with van der Waals surface area (Å²) in [5.74, 6) is 0. The van der Waals surface area contributed by atoms with Crippen LogP contribution in [0.2, 0.25) is 0 Å². The van der Waals surface area contributed by atoms with Gasteiger partial charge >= 0.3 is 0 Å². The molecule has 0 radical (unpaired) electrons. The highest BCUT2D eigenvalue weighted by molar-refractivity contribution is 6.29. The number of halogens is 1. The van der Waals surface area contributed by atoms with Gasteiger partial charge in [-0.3, -0.25) is 0 Å². The lowest BCUT2D eigenvalue weighted by Crippen LogP contribution is -2.32. The SMILES string of the molecule is ClC1=CC=CC2NC=CN12. The third-order valence-electron chi connectivity index (χ3n) is 1.58. The summed E-state index contributed by atoms with van der Waals surface area (Å²) in [5.41, 5.74) is 0. The Morgan fingerprint density at radius 2 is 2.50 bits per heavy atom. The summed E-state index contributed by atoms with van der Waals surface area (Å²) in [6, 6.07) is 0. The largest absolute Gasteiger partial charge is 0.366 e. The molecule has 52 valence electrons.